The first-order chi connectivity index (χ1) is 40.2. The average molecular weight is 1030 g/mol. The Hall–Kier alpha value is -11.2. The Morgan fingerprint density at radius 1 is 0.321 bits per heavy atom. The molecule has 12 aromatic carbocycles. The SMILES string of the molecule is [C-]#[N+]c1c(C#N)c(-n2c3ccccc3c3ccc4c(c32)-c2ccccc2C4(c2ccccc2)c2ccccc2)c(-n2c3ccccc3c3ccccc32)c(-n2c3ccccc3c3ccccc32)c1-n1c2ccccc2c2ccccc21. The van der Waals surface area contributed by atoms with Crippen molar-refractivity contribution >= 4 is 92.9 Å². The molecule has 0 N–H and O–H groups in total. The maximum absolute atomic E-state index is 12.6. The van der Waals surface area contributed by atoms with Crippen molar-refractivity contribution in [2.45, 2.75) is 5.41 Å². The summed E-state index contributed by atoms with van der Waals surface area (Å²) in [5.74, 6) is 0. The first-order valence-corrected chi connectivity index (χ1v) is 27.5. The number of rotatable bonds is 6. The zero-order chi connectivity index (χ0) is 53.5. The van der Waals surface area contributed by atoms with Gasteiger partial charge >= 0.3 is 0 Å². The summed E-state index contributed by atoms with van der Waals surface area (Å²) in [6.07, 6.45) is 0. The topological polar surface area (TPSA) is 47.9 Å². The van der Waals surface area contributed by atoms with Crippen molar-refractivity contribution in [1.82, 2.24) is 18.3 Å². The Bertz CT molecular complexity index is 5240. The van der Waals surface area contributed by atoms with Crippen LogP contribution in [-0.4, -0.2) is 18.3 Å². The Morgan fingerprint density at radius 3 is 1.09 bits per heavy atom. The third kappa shape index (κ3) is 5.82. The molecule has 1 aliphatic carbocycles. The lowest BCUT2D eigenvalue weighted by Gasteiger charge is -2.34. The lowest BCUT2D eigenvalue weighted by molar-refractivity contribution is 0.769. The van der Waals surface area contributed by atoms with Crippen LogP contribution in [-0.2, 0) is 5.41 Å². The van der Waals surface area contributed by atoms with Gasteiger partial charge in [-0.05, 0) is 70.3 Å². The van der Waals surface area contributed by atoms with Crippen molar-refractivity contribution < 1.29 is 0 Å². The van der Waals surface area contributed by atoms with E-state index in [4.69, 9.17) is 4.85 Å². The van der Waals surface area contributed by atoms with E-state index in [1.807, 2.05) is 0 Å². The highest BCUT2D eigenvalue weighted by molar-refractivity contribution is 6.19. The fourth-order valence-corrected chi connectivity index (χ4v) is 14.5. The molecule has 0 unspecified atom stereocenters. The van der Waals surface area contributed by atoms with Crippen LogP contribution >= 0.6 is 0 Å². The molecule has 6 heteroatoms. The van der Waals surface area contributed by atoms with Gasteiger partial charge in [0, 0.05) is 48.7 Å². The van der Waals surface area contributed by atoms with E-state index >= 15 is 0 Å². The predicted octanol–water partition coefficient (Wildman–Crippen LogP) is 18.9. The molecule has 4 heterocycles. The van der Waals surface area contributed by atoms with Crippen molar-refractivity contribution in [3.8, 4) is 39.9 Å². The lowest BCUT2D eigenvalue weighted by atomic mass is 9.67. The van der Waals surface area contributed by atoms with Gasteiger partial charge in [-0.2, -0.15) is 5.26 Å². The van der Waals surface area contributed by atoms with Gasteiger partial charge < -0.3 is 18.3 Å². The molecule has 0 atom stereocenters. The third-order valence-corrected chi connectivity index (χ3v) is 17.5. The maximum Gasteiger partial charge on any atom is 0.232 e. The summed E-state index contributed by atoms with van der Waals surface area (Å²) in [7, 11) is 0. The van der Waals surface area contributed by atoms with Crippen LogP contribution in [0.4, 0.5) is 5.69 Å². The molecule has 17 rings (SSSR count). The number of nitrogens with zero attached hydrogens (tertiary/aromatic N) is 6. The zero-order valence-electron chi connectivity index (χ0n) is 43.6. The van der Waals surface area contributed by atoms with Crippen LogP contribution in [0.2, 0.25) is 0 Å². The standard InChI is InChI=1S/C75H44N6/c1-77-69-58(46-76)71(81-67-43-23-15-34-55(67)56-44-45-60-68(70(56)81)57-35-8-16-36-59(57)75(60,47-24-4-2-5-25-47)48-26-6-3-7-27-48)73(79-63-39-19-11-30-51(63)52-31-12-20-40-64(52)79)74(80-65-41-21-13-32-53(65)54-33-14-22-42-66(54)80)72(69)78-61-37-17-9-28-49(61)50-29-10-18-38-62(50)78/h2-45H. The largest absolute Gasteiger partial charge is 0.317 e. The number of hydrogen-bond donors (Lipinski definition) is 0. The summed E-state index contributed by atoms with van der Waals surface area (Å²) in [5.41, 5.74) is 17.0. The summed E-state index contributed by atoms with van der Waals surface area (Å²) in [5, 5.41) is 21.1. The van der Waals surface area contributed by atoms with Gasteiger partial charge in [0.05, 0.1) is 90.5 Å². The highest BCUT2D eigenvalue weighted by atomic mass is 15.2. The monoisotopic (exact) mass is 1030 g/mol. The Kier molecular flexibility index (Phi) is 9.37. The van der Waals surface area contributed by atoms with Gasteiger partial charge in [0.1, 0.15) is 0 Å². The number of nitriles is 1. The van der Waals surface area contributed by atoms with Crippen molar-refractivity contribution in [2.24, 2.45) is 0 Å². The summed E-state index contributed by atoms with van der Waals surface area (Å²) >= 11 is 0. The Labute approximate surface area is 465 Å². The van der Waals surface area contributed by atoms with E-state index in [1.54, 1.807) is 0 Å². The van der Waals surface area contributed by atoms with Gasteiger partial charge in [-0.1, -0.05) is 224 Å². The average Bonchev–Trinajstić information content (AvgIpc) is 2.23. The Morgan fingerprint density at radius 2 is 0.667 bits per heavy atom. The van der Waals surface area contributed by atoms with Crippen molar-refractivity contribution in [3.05, 3.63) is 306 Å². The van der Waals surface area contributed by atoms with Crippen LogP contribution < -0.4 is 0 Å². The minimum atomic E-state index is -0.714. The zero-order valence-corrected chi connectivity index (χ0v) is 43.6. The van der Waals surface area contributed by atoms with E-state index in [-0.39, 0.29) is 11.3 Å². The fraction of sp³-hybridized carbons (Fsp3) is 0.0133. The smallest absolute Gasteiger partial charge is 0.232 e. The second-order valence-electron chi connectivity index (χ2n) is 21.2. The second-order valence-corrected chi connectivity index (χ2v) is 21.2. The van der Waals surface area contributed by atoms with Gasteiger partial charge in [0.25, 0.3) is 0 Å². The van der Waals surface area contributed by atoms with Gasteiger partial charge in [-0.25, -0.2) is 4.85 Å². The Balaban J connectivity index is 1.19. The molecule has 0 saturated heterocycles. The molecule has 16 aromatic rings. The van der Waals surface area contributed by atoms with E-state index < -0.39 is 5.41 Å². The first kappa shape index (κ1) is 44.9. The molecule has 81 heavy (non-hydrogen) atoms. The highest BCUT2D eigenvalue weighted by Gasteiger charge is 2.48. The van der Waals surface area contributed by atoms with Gasteiger partial charge in [-0.3, -0.25) is 0 Å². The highest BCUT2D eigenvalue weighted by Crippen LogP contribution is 2.60. The van der Waals surface area contributed by atoms with E-state index in [0.29, 0.717) is 11.4 Å². The molecule has 4 aromatic heterocycles. The third-order valence-electron chi connectivity index (χ3n) is 17.5. The van der Waals surface area contributed by atoms with Gasteiger partial charge in [0.15, 0.2) is 0 Å². The minimum Gasteiger partial charge on any atom is -0.317 e. The summed E-state index contributed by atoms with van der Waals surface area (Å²) in [4.78, 5) is 4.70. The number of benzene rings is 12. The first-order valence-electron chi connectivity index (χ1n) is 27.5. The molecule has 1 aliphatic rings. The van der Waals surface area contributed by atoms with Crippen molar-refractivity contribution in [3.63, 3.8) is 0 Å². The fourth-order valence-electron chi connectivity index (χ4n) is 14.5. The van der Waals surface area contributed by atoms with Crippen LogP contribution in [0, 0.1) is 17.9 Å². The summed E-state index contributed by atoms with van der Waals surface area (Å²) < 4.78 is 9.45. The molecule has 0 saturated carbocycles. The molecule has 374 valence electrons. The number of fused-ring (bicyclic) bond motifs is 16. The summed E-state index contributed by atoms with van der Waals surface area (Å²) in [6.45, 7) is 9.75. The normalized spacial score (nSPS) is 12.8. The van der Waals surface area contributed by atoms with Crippen molar-refractivity contribution in [2.75, 3.05) is 0 Å². The molecule has 6 nitrogen and oxygen atoms in total. The maximum atomic E-state index is 12.6. The number of para-hydroxylation sites is 7. The van der Waals surface area contributed by atoms with Crippen LogP contribution in [0.15, 0.2) is 267 Å². The van der Waals surface area contributed by atoms with E-state index in [1.165, 1.54) is 5.56 Å². The second kappa shape index (κ2) is 16.9. The molecule has 0 fully saturated rings. The predicted molar refractivity (Wildman–Crippen MR) is 332 cm³/mol. The van der Waals surface area contributed by atoms with Gasteiger partial charge in [0.2, 0.25) is 5.69 Å². The molecule has 0 bridgehead atoms. The van der Waals surface area contributed by atoms with E-state index in [0.717, 1.165) is 126 Å². The quantitative estimate of drug-likeness (QED) is 0.153. The van der Waals surface area contributed by atoms with Crippen LogP contribution in [0.5, 0.6) is 0 Å². The van der Waals surface area contributed by atoms with Gasteiger partial charge in [-0.15, -0.1) is 0 Å². The van der Waals surface area contributed by atoms with E-state index in [2.05, 4.69) is 291 Å². The molecule has 0 spiro atoms. The minimum absolute atomic E-state index is 0.252. The number of aromatic nitrogens is 4. The van der Waals surface area contributed by atoms with Crippen LogP contribution in [0.3, 0.4) is 0 Å². The lowest BCUT2D eigenvalue weighted by Crippen LogP contribution is -2.28. The van der Waals surface area contributed by atoms with E-state index in [9.17, 15) is 11.8 Å². The van der Waals surface area contributed by atoms with Crippen LogP contribution in [0.1, 0.15) is 27.8 Å². The molecule has 0 aliphatic heterocycles. The number of hydrogen-bond acceptors (Lipinski definition) is 1. The molecular formula is C75H44N6. The molecule has 0 radical (unpaired) electrons. The van der Waals surface area contributed by atoms with Crippen LogP contribution in [0.25, 0.3) is 126 Å². The summed E-state index contributed by atoms with van der Waals surface area (Å²) in [6, 6.07) is 98.3. The molecular weight excluding hydrogens is 985 g/mol. The molecule has 0 amide bonds. The van der Waals surface area contributed by atoms with Crippen molar-refractivity contribution in [1.29, 1.82) is 5.26 Å².